The smallest absolute Gasteiger partial charge is 0.291 e. The molecule has 0 bridgehead atoms. The van der Waals surface area contributed by atoms with Gasteiger partial charge in [-0.2, -0.15) is 0 Å². The average molecular weight is 220 g/mol. The molecule has 0 radical (unpaired) electrons. The summed E-state index contributed by atoms with van der Waals surface area (Å²) in [5, 5.41) is 2.38. The third-order valence-corrected chi connectivity index (χ3v) is 1.99. The molecule has 1 heterocycles. The molecule has 0 unspecified atom stereocenters. The van der Waals surface area contributed by atoms with Crippen LogP contribution < -0.4 is 11.1 Å². The highest BCUT2D eigenvalue weighted by Gasteiger charge is 2.11. The average Bonchev–Trinajstić information content (AvgIpc) is 2.75. The summed E-state index contributed by atoms with van der Waals surface area (Å²) in [6.45, 7) is 0. The standard InChI is InChI=1S/C11H9FN2O2/c12-8-6-7(13)3-4-9(8)14-11(15)10-2-1-5-16-10/h1-6H,13H2,(H,14,15). The van der Waals surface area contributed by atoms with E-state index in [1.165, 1.54) is 24.5 Å². The molecule has 0 spiro atoms. The summed E-state index contributed by atoms with van der Waals surface area (Å²) in [6, 6.07) is 7.10. The molecule has 1 amide bonds. The van der Waals surface area contributed by atoms with Crippen molar-refractivity contribution in [2.75, 3.05) is 11.1 Å². The number of carbonyl (C=O) groups is 1. The first-order chi connectivity index (χ1) is 7.66. The van der Waals surface area contributed by atoms with E-state index in [1.807, 2.05) is 0 Å². The van der Waals surface area contributed by atoms with Gasteiger partial charge in [0.15, 0.2) is 5.76 Å². The van der Waals surface area contributed by atoms with Gasteiger partial charge in [-0.25, -0.2) is 4.39 Å². The Labute approximate surface area is 90.9 Å². The van der Waals surface area contributed by atoms with Gasteiger partial charge in [-0.3, -0.25) is 4.79 Å². The maximum absolute atomic E-state index is 13.3. The zero-order chi connectivity index (χ0) is 11.5. The molecule has 1 aromatic carbocycles. The highest BCUT2D eigenvalue weighted by Crippen LogP contribution is 2.17. The van der Waals surface area contributed by atoms with E-state index in [0.717, 1.165) is 6.07 Å². The zero-order valence-corrected chi connectivity index (χ0v) is 8.24. The van der Waals surface area contributed by atoms with E-state index >= 15 is 0 Å². The molecule has 0 aliphatic heterocycles. The van der Waals surface area contributed by atoms with Crippen LogP contribution in [0.15, 0.2) is 41.0 Å². The lowest BCUT2D eigenvalue weighted by molar-refractivity contribution is 0.0996. The lowest BCUT2D eigenvalue weighted by Gasteiger charge is -2.04. The van der Waals surface area contributed by atoms with Crippen LogP contribution in [0, 0.1) is 5.82 Å². The first-order valence-electron chi connectivity index (χ1n) is 4.56. The number of halogens is 1. The third-order valence-electron chi connectivity index (χ3n) is 1.99. The topological polar surface area (TPSA) is 68.3 Å². The SMILES string of the molecule is Nc1ccc(NC(=O)c2ccco2)c(F)c1. The van der Waals surface area contributed by atoms with Crippen LogP contribution in [0.2, 0.25) is 0 Å². The molecule has 0 fully saturated rings. The van der Waals surface area contributed by atoms with Crippen LogP contribution in [-0.2, 0) is 0 Å². The minimum atomic E-state index is -0.583. The number of nitrogen functional groups attached to an aromatic ring is 1. The Kier molecular flexibility index (Phi) is 2.59. The van der Waals surface area contributed by atoms with Crippen molar-refractivity contribution in [3.8, 4) is 0 Å². The lowest BCUT2D eigenvalue weighted by atomic mass is 10.2. The van der Waals surface area contributed by atoms with Crippen LogP contribution in [0.5, 0.6) is 0 Å². The number of hydrogen-bond donors (Lipinski definition) is 2. The molecule has 0 saturated heterocycles. The van der Waals surface area contributed by atoms with Crippen LogP contribution in [0.1, 0.15) is 10.6 Å². The molecule has 0 aliphatic carbocycles. The molecule has 4 nitrogen and oxygen atoms in total. The van der Waals surface area contributed by atoms with Crippen molar-refractivity contribution in [2.24, 2.45) is 0 Å². The number of furan rings is 1. The maximum Gasteiger partial charge on any atom is 0.291 e. The van der Waals surface area contributed by atoms with Crippen molar-refractivity contribution in [1.82, 2.24) is 0 Å². The van der Waals surface area contributed by atoms with Gasteiger partial charge in [-0.15, -0.1) is 0 Å². The quantitative estimate of drug-likeness (QED) is 0.762. The van der Waals surface area contributed by atoms with Gasteiger partial charge in [0, 0.05) is 5.69 Å². The van der Waals surface area contributed by atoms with E-state index in [1.54, 1.807) is 6.07 Å². The van der Waals surface area contributed by atoms with Gasteiger partial charge in [0.25, 0.3) is 5.91 Å². The van der Waals surface area contributed by atoms with Gasteiger partial charge < -0.3 is 15.5 Å². The summed E-state index contributed by atoms with van der Waals surface area (Å²) in [5.74, 6) is -0.968. The summed E-state index contributed by atoms with van der Waals surface area (Å²) >= 11 is 0. The van der Waals surface area contributed by atoms with E-state index in [0.29, 0.717) is 5.69 Å². The summed E-state index contributed by atoms with van der Waals surface area (Å²) in [4.78, 5) is 11.5. The lowest BCUT2D eigenvalue weighted by Crippen LogP contribution is -2.12. The van der Waals surface area contributed by atoms with Gasteiger partial charge in [0.1, 0.15) is 5.82 Å². The normalized spacial score (nSPS) is 10.1. The van der Waals surface area contributed by atoms with Crippen LogP contribution in [-0.4, -0.2) is 5.91 Å². The number of nitrogens with two attached hydrogens (primary N) is 1. The van der Waals surface area contributed by atoms with Crippen molar-refractivity contribution in [3.63, 3.8) is 0 Å². The minimum Gasteiger partial charge on any atom is -0.459 e. The Hall–Kier alpha value is -2.30. The molecule has 1 aromatic heterocycles. The largest absolute Gasteiger partial charge is 0.459 e. The number of rotatable bonds is 2. The van der Waals surface area contributed by atoms with Gasteiger partial charge >= 0.3 is 0 Å². The number of nitrogens with one attached hydrogen (secondary N) is 1. The fraction of sp³-hybridized carbons (Fsp3) is 0. The number of benzene rings is 1. The minimum absolute atomic E-state index is 0.0654. The van der Waals surface area contributed by atoms with E-state index in [-0.39, 0.29) is 11.4 Å². The summed E-state index contributed by atoms with van der Waals surface area (Å²) in [7, 11) is 0. The zero-order valence-electron chi connectivity index (χ0n) is 8.24. The highest BCUT2D eigenvalue weighted by molar-refractivity contribution is 6.02. The fourth-order valence-electron chi connectivity index (χ4n) is 1.22. The Balaban J connectivity index is 2.18. The van der Waals surface area contributed by atoms with Crippen LogP contribution in [0.25, 0.3) is 0 Å². The van der Waals surface area contributed by atoms with E-state index in [9.17, 15) is 9.18 Å². The van der Waals surface area contributed by atoms with E-state index in [2.05, 4.69) is 5.32 Å². The number of carbonyl (C=O) groups excluding carboxylic acids is 1. The molecular weight excluding hydrogens is 211 g/mol. The van der Waals surface area contributed by atoms with E-state index < -0.39 is 11.7 Å². The molecule has 2 rings (SSSR count). The molecule has 2 aromatic rings. The number of hydrogen-bond acceptors (Lipinski definition) is 3. The van der Waals surface area contributed by atoms with E-state index in [4.69, 9.17) is 10.2 Å². The second kappa shape index (κ2) is 4.06. The van der Waals surface area contributed by atoms with Crippen molar-refractivity contribution in [1.29, 1.82) is 0 Å². The van der Waals surface area contributed by atoms with Crippen molar-refractivity contribution >= 4 is 17.3 Å². The van der Waals surface area contributed by atoms with Gasteiger partial charge in [-0.05, 0) is 30.3 Å². The first-order valence-corrected chi connectivity index (χ1v) is 4.56. The molecule has 16 heavy (non-hydrogen) atoms. The molecule has 5 heteroatoms. The predicted molar refractivity (Wildman–Crippen MR) is 57.5 cm³/mol. The van der Waals surface area contributed by atoms with Gasteiger partial charge in [0.2, 0.25) is 0 Å². The van der Waals surface area contributed by atoms with Crippen LogP contribution in [0.4, 0.5) is 15.8 Å². The third kappa shape index (κ3) is 2.03. The Morgan fingerprint density at radius 1 is 1.38 bits per heavy atom. The summed E-state index contributed by atoms with van der Waals surface area (Å²) in [6.07, 6.45) is 1.37. The summed E-state index contributed by atoms with van der Waals surface area (Å²) in [5.41, 5.74) is 5.75. The van der Waals surface area contributed by atoms with Crippen molar-refractivity contribution in [3.05, 3.63) is 48.2 Å². The number of amides is 1. The monoisotopic (exact) mass is 220 g/mol. The Morgan fingerprint density at radius 2 is 2.19 bits per heavy atom. The second-order valence-electron chi connectivity index (χ2n) is 3.17. The molecule has 0 atom stereocenters. The molecule has 3 N–H and O–H groups in total. The van der Waals surface area contributed by atoms with Gasteiger partial charge in [-0.1, -0.05) is 0 Å². The molecule has 82 valence electrons. The predicted octanol–water partition coefficient (Wildman–Crippen LogP) is 2.25. The summed E-state index contributed by atoms with van der Waals surface area (Å²) < 4.78 is 18.2. The van der Waals surface area contributed by atoms with Crippen LogP contribution in [0.3, 0.4) is 0 Å². The van der Waals surface area contributed by atoms with Crippen LogP contribution >= 0.6 is 0 Å². The van der Waals surface area contributed by atoms with Crippen molar-refractivity contribution < 1.29 is 13.6 Å². The second-order valence-corrected chi connectivity index (χ2v) is 3.17. The maximum atomic E-state index is 13.3. The first kappa shape index (κ1) is 10.2. The Morgan fingerprint density at radius 3 is 2.81 bits per heavy atom. The molecule has 0 saturated carbocycles. The van der Waals surface area contributed by atoms with Gasteiger partial charge in [0.05, 0.1) is 12.0 Å². The molecular formula is C11H9FN2O2. The fourth-order valence-corrected chi connectivity index (χ4v) is 1.22. The molecule has 0 aliphatic rings. The van der Waals surface area contributed by atoms with Crippen molar-refractivity contribution in [2.45, 2.75) is 0 Å². The Bertz CT molecular complexity index is 509. The number of anilines is 2. The highest BCUT2D eigenvalue weighted by atomic mass is 19.1.